The molecule has 0 aliphatic heterocycles. The maximum Gasteiger partial charge on any atom is 0.234 e. The summed E-state index contributed by atoms with van der Waals surface area (Å²) in [7, 11) is 0. The van der Waals surface area contributed by atoms with Crippen LogP contribution in [0.5, 0.6) is 0 Å². The van der Waals surface area contributed by atoms with Crippen LogP contribution in [0.25, 0.3) is 0 Å². The molecule has 0 atom stereocenters. The Morgan fingerprint density at radius 1 is 0.917 bits per heavy atom. The topological polar surface area (TPSA) is 12.9 Å². The molecule has 1 rings (SSSR count). The second-order valence-electron chi connectivity index (χ2n) is 1.64. The van der Waals surface area contributed by atoms with Gasteiger partial charge in [-0.15, -0.1) is 0 Å². The molecule has 1 heterocycles. The SMILES string of the molecule is Fc1nc(Cl)c(Cl)c(Cl)c1Cl.[V]. The number of nitrogens with zero attached hydrogens (tertiary/aromatic N) is 1. The summed E-state index contributed by atoms with van der Waals surface area (Å²) in [5.74, 6) is -0.925. The fourth-order valence-corrected chi connectivity index (χ4v) is 1.17. The minimum atomic E-state index is -0.925. The Morgan fingerprint density at radius 3 is 1.92 bits per heavy atom. The Hall–Kier alpha value is 0.824. The second-order valence-corrected chi connectivity index (χ2v) is 3.13. The molecule has 1 aromatic heterocycles. The maximum absolute atomic E-state index is 12.5. The van der Waals surface area contributed by atoms with Crippen LogP contribution in [0.15, 0.2) is 0 Å². The van der Waals surface area contributed by atoms with E-state index < -0.39 is 5.95 Å². The monoisotopic (exact) mass is 284 g/mol. The largest absolute Gasteiger partial charge is 0.234 e. The molecule has 0 saturated heterocycles. The van der Waals surface area contributed by atoms with Crippen LogP contribution >= 0.6 is 46.4 Å². The quantitative estimate of drug-likeness (QED) is 0.660. The number of aromatic nitrogens is 1. The molecule has 0 aromatic carbocycles. The van der Waals surface area contributed by atoms with Gasteiger partial charge in [0, 0.05) is 18.6 Å². The molecule has 1 aromatic rings. The molecule has 12 heavy (non-hydrogen) atoms. The summed E-state index contributed by atoms with van der Waals surface area (Å²) in [6.45, 7) is 0. The Kier molecular flexibility index (Phi) is 5.23. The van der Waals surface area contributed by atoms with Gasteiger partial charge in [0.05, 0.1) is 10.0 Å². The number of pyridine rings is 1. The average Bonchev–Trinajstić information content (AvgIpc) is 1.97. The molecule has 0 saturated carbocycles. The van der Waals surface area contributed by atoms with Crippen LogP contribution in [0.1, 0.15) is 0 Å². The fourth-order valence-electron chi connectivity index (χ4n) is 0.462. The predicted molar refractivity (Wildman–Crippen MR) is 44.2 cm³/mol. The minimum absolute atomic E-state index is 0. The molecule has 0 unspecified atom stereocenters. The number of hydrogen-bond acceptors (Lipinski definition) is 1. The van der Waals surface area contributed by atoms with Crippen molar-refractivity contribution in [3.8, 4) is 0 Å². The Labute approximate surface area is 100 Å². The molecule has 1 radical (unpaired) electrons. The third-order valence-corrected chi connectivity index (χ3v) is 2.60. The molecule has 0 fully saturated rings. The van der Waals surface area contributed by atoms with Gasteiger partial charge in [0.25, 0.3) is 0 Å². The zero-order valence-electron chi connectivity index (χ0n) is 5.28. The van der Waals surface area contributed by atoms with Crippen molar-refractivity contribution in [2.24, 2.45) is 0 Å². The summed E-state index contributed by atoms with van der Waals surface area (Å²) in [5.41, 5.74) is 0. The van der Waals surface area contributed by atoms with Crippen molar-refractivity contribution in [3.05, 3.63) is 26.2 Å². The average molecular weight is 286 g/mol. The summed E-state index contributed by atoms with van der Waals surface area (Å²) in [6, 6.07) is 0. The molecule has 65 valence electrons. The first-order valence-electron chi connectivity index (χ1n) is 2.39. The molecular formula is C5Cl4FNV. The van der Waals surface area contributed by atoms with E-state index in [2.05, 4.69) is 4.98 Å². The smallest absolute Gasteiger partial charge is 0.205 e. The van der Waals surface area contributed by atoms with Crippen molar-refractivity contribution in [3.63, 3.8) is 0 Å². The molecule has 0 spiro atoms. The molecule has 7 heteroatoms. The second kappa shape index (κ2) is 4.89. The van der Waals surface area contributed by atoms with Gasteiger partial charge < -0.3 is 0 Å². The van der Waals surface area contributed by atoms with Gasteiger partial charge in [-0.2, -0.15) is 4.39 Å². The zero-order valence-corrected chi connectivity index (χ0v) is 9.70. The first-order valence-corrected chi connectivity index (χ1v) is 3.90. The molecule has 0 aliphatic carbocycles. The van der Waals surface area contributed by atoms with E-state index in [1.165, 1.54) is 0 Å². The number of halogens is 5. The third-order valence-electron chi connectivity index (χ3n) is 0.944. The summed E-state index contributed by atoms with van der Waals surface area (Å²) in [6.07, 6.45) is 0. The first kappa shape index (κ1) is 12.8. The van der Waals surface area contributed by atoms with E-state index in [0.717, 1.165) is 0 Å². The normalized spacial score (nSPS) is 9.42. The van der Waals surface area contributed by atoms with Crippen molar-refractivity contribution in [1.29, 1.82) is 0 Å². The van der Waals surface area contributed by atoms with E-state index in [1.54, 1.807) is 0 Å². The zero-order chi connectivity index (χ0) is 8.59. The van der Waals surface area contributed by atoms with Crippen LogP contribution in [-0.2, 0) is 18.6 Å². The third kappa shape index (κ3) is 2.41. The van der Waals surface area contributed by atoms with Gasteiger partial charge in [-0.3, -0.25) is 0 Å². The Bertz CT molecular complexity index is 280. The van der Waals surface area contributed by atoms with E-state index in [0.29, 0.717) is 0 Å². The summed E-state index contributed by atoms with van der Waals surface area (Å²) < 4.78 is 12.5. The summed E-state index contributed by atoms with van der Waals surface area (Å²) in [5, 5.41) is -0.676. The van der Waals surface area contributed by atoms with Crippen molar-refractivity contribution in [2.45, 2.75) is 0 Å². The van der Waals surface area contributed by atoms with Crippen LogP contribution in [0.3, 0.4) is 0 Å². The molecular weight excluding hydrogens is 286 g/mol. The maximum atomic E-state index is 12.5. The summed E-state index contributed by atoms with van der Waals surface area (Å²) in [4.78, 5) is 3.18. The van der Waals surface area contributed by atoms with Crippen molar-refractivity contribution >= 4 is 46.4 Å². The van der Waals surface area contributed by atoms with E-state index in [-0.39, 0.29) is 38.8 Å². The van der Waals surface area contributed by atoms with Crippen LogP contribution < -0.4 is 0 Å². The predicted octanol–water partition coefficient (Wildman–Crippen LogP) is 3.83. The molecule has 1 nitrogen and oxygen atoms in total. The Balaban J connectivity index is 0.00000121. The van der Waals surface area contributed by atoms with Gasteiger partial charge in [0.1, 0.15) is 5.02 Å². The molecule has 0 N–H and O–H groups in total. The van der Waals surface area contributed by atoms with E-state index >= 15 is 0 Å². The van der Waals surface area contributed by atoms with Crippen LogP contribution in [0, 0.1) is 5.95 Å². The van der Waals surface area contributed by atoms with E-state index in [9.17, 15) is 4.39 Å². The van der Waals surface area contributed by atoms with Gasteiger partial charge in [-0.25, -0.2) is 4.98 Å². The van der Waals surface area contributed by atoms with Crippen LogP contribution in [0.2, 0.25) is 20.2 Å². The van der Waals surface area contributed by atoms with E-state index in [1.807, 2.05) is 0 Å². The first-order chi connectivity index (χ1) is 5.04. The molecule has 0 aliphatic rings. The number of rotatable bonds is 0. The van der Waals surface area contributed by atoms with Gasteiger partial charge in [-0.05, 0) is 0 Å². The number of hydrogen-bond donors (Lipinski definition) is 0. The van der Waals surface area contributed by atoms with Crippen molar-refractivity contribution in [1.82, 2.24) is 4.98 Å². The van der Waals surface area contributed by atoms with Gasteiger partial charge in [0.15, 0.2) is 5.15 Å². The van der Waals surface area contributed by atoms with Gasteiger partial charge in [-0.1, -0.05) is 46.4 Å². The van der Waals surface area contributed by atoms with Gasteiger partial charge >= 0.3 is 0 Å². The van der Waals surface area contributed by atoms with Gasteiger partial charge in [0.2, 0.25) is 5.95 Å². The fraction of sp³-hybridized carbons (Fsp3) is 0. The standard InChI is InChI=1S/C5Cl4FN.V/c6-1-2(7)4(9)11-5(10)3(1)8;. The molecule has 0 bridgehead atoms. The van der Waals surface area contributed by atoms with Crippen LogP contribution in [0.4, 0.5) is 4.39 Å². The van der Waals surface area contributed by atoms with Crippen molar-refractivity contribution in [2.75, 3.05) is 0 Å². The van der Waals surface area contributed by atoms with Crippen molar-refractivity contribution < 1.29 is 22.9 Å². The minimum Gasteiger partial charge on any atom is -0.205 e. The van der Waals surface area contributed by atoms with Crippen LogP contribution in [-0.4, -0.2) is 4.98 Å². The van der Waals surface area contributed by atoms with E-state index in [4.69, 9.17) is 46.4 Å². The molecule has 0 amide bonds. The summed E-state index contributed by atoms with van der Waals surface area (Å²) >= 11 is 21.6. The Morgan fingerprint density at radius 2 is 1.42 bits per heavy atom.